The Kier molecular flexibility index (Phi) is 6.51. The number of fused-ring (bicyclic) bond motifs is 1. The summed E-state index contributed by atoms with van der Waals surface area (Å²) in [5, 5.41) is 0.912. The number of anilines is 1. The molecule has 0 radical (unpaired) electrons. The molecule has 1 amide bonds. The van der Waals surface area contributed by atoms with E-state index in [0.717, 1.165) is 61.7 Å². The van der Waals surface area contributed by atoms with Crippen molar-refractivity contribution >= 4 is 22.5 Å². The number of amides is 1. The van der Waals surface area contributed by atoms with Crippen molar-refractivity contribution in [1.29, 1.82) is 0 Å². The van der Waals surface area contributed by atoms with Gasteiger partial charge in [0, 0.05) is 43.5 Å². The molecule has 31 heavy (non-hydrogen) atoms. The molecule has 1 aromatic heterocycles. The fourth-order valence-electron chi connectivity index (χ4n) is 5.10. The van der Waals surface area contributed by atoms with Crippen LogP contribution >= 0.6 is 0 Å². The number of hydrogen-bond donors (Lipinski definition) is 1. The van der Waals surface area contributed by atoms with Gasteiger partial charge in [-0.1, -0.05) is 6.42 Å². The number of nitrogen functional groups attached to an aromatic ring is 1. The fourth-order valence-corrected chi connectivity index (χ4v) is 5.10. The van der Waals surface area contributed by atoms with Gasteiger partial charge in [0.2, 0.25) is 5.91 Å². The first kappa shape index (κ1) is 21.7. The minimum absolute atomic E-state index is 0.0658. The second-order valence-corrected chi connectivity index (χ2v) is 8.71. The summed E-state index contributed by atoms with van der Waals surface area (Å²) < 4.78 is 16.4. The molecular formula is C24H33N3O4. The number of hydrogen-bond acceptors (Lipinski definition) is 6. The van der Waals surface area contributed by atoms with Crippen LogP contribution in [-0.2, 0) is 9.53 Å². The molecule has 0 spiro atoms. The summed E-state index contributed by atoms with van der Waals surface area (Å²) in [6.45, 7) is 1.48. The number of rotatable bonds is 5. The van der Waals surface area contributed by atoms with Gasteiger partial charge in [-0.2, -0.15) is 0 Å². The van der Waals surface area contributed by atoms with Crippen LogP contribution < -0.4 is 15.2 Å². The molecule has 2 aliphatic rings. The summed E-state index contributed by atoms with van der Waals surface area (Å²) >= 11 is 0. The van der Waals surface area contributed by atoms with Gasteiger partial charge in [-0.3, -0.25) is 9.78 Å². The second-order valence-electron chi connectivity index (χ2n) is 8.71. The molecule has 0 bridgehead atoms. The van der Waals surface area contributed by atoms with Gasteiger partial charge < -0.3 is 24.8 Å². The molecule has 2 N–H and O–H groups in total. The average Bonchev–Trinajstić information content (AvgIpc) is 2.82. The molecule has 1 aromatic carbocycles. The van der Waals surface area contributed by atoms with Crippen molar-refractivity contribution in [2.75, 3.05) is 40.2 Å². The van der Waals surface area contributed by atoms with Crippen molar-refractivity contribution < 1.29 is 19.0 Å². The third-order valence-electron chi connectivity index (χ3n) is 6.81. The van der Waals surface area contributed by atoms with Crippen LogP contribution in [-0.4, -0.2) is 56.3 Å². The van der Waals surface area contributed by atoms with Gasteiger partial charge in [0.25, 0.3) is 0 Å². The van der Waals surface area contributed by atoms with E-state index in [4.69, 9.17) is 24.9 Å². The predicted octanol–water partition coefficient (Wildman–Crippen LogP) is 3.75. The van der Waals surface area contributed by atoms with Gasteiger partial charge in [0.05, 0.1) is 37.2 Å². The number of benzene rings is 1. The van der Waals surface area contributed by atoms with E-state index in [-0.39, 0.29) is 23.8 Å². The Balaban J connectivity index is 1.56. The molecule has 1 saturated heterocycles. The van der Waals surface area contributed by atoms with Gasteiger partial charge in [-0.25, -0.2) is 0 Å². The maximum Gasteiger partial charge on any atom is 0.225 e. The van der Waals surface area contributed by atoms with E-state index in [0.29, 0.717) is 23.7 Å². The fraction of sp³-hybridized carbons (Fsp3) is 0.583. The molecule has 1 saturated carbocycles. The molecule has 3 atom stereocenters. The van der Waals surface area contributed by atoms with Crippen LogP contribution in [0.1, 0.15) is 50.1 Å². The maximum absolute atomic E-state index is 13.2. The Bertz CT molecular complexity index is 948. The third kappa shape index (κ3) is 4.42. The highest BCUT2D eigenvalue weighted by Gasteiger charge is 2.34. The monoisotopic (exact) mass is 427 g/mol. The number of piperidine rings is 1. The number of pyridine rings is 1. The molecule has 0 unspecified atom stereocenters. The summed E-state index contributed by atoms with van der Waals surface area (Å²) in [6.07, 6.45) is 6.03. The summed E-state index contributed by atoms with van der Waals surface area (Å²) in [4.78, 5) is 20.2. The van der Waals surface area contributed by atoms with Crippen LogP contribution in [0.15, 0.2) is 18.2 Å². The van der Waals surface area contributed by atoms with E-state index in [2.05, 4.69) is 0 Å². The SMILES string of the molecule is COc1cc2cc(N)c([C@@H]3CCCN(C(=O)[C@@H]4CCC[C@H](OC)C4)C3)nc2cc1OC. The quantitative estimate of drug-likeness (QED) is 0.782. The van der Waals surface area contributed by atoms with Crippen LogP contribution in [0.4, 0.5) is 5.69 Å². The largest absolute Gasteiger partial charge is 0.493 e. The maximum atomic E-state index is 13.2. The number of nitrogens with zero attached hydrogens (tertiary/aromatic N) is 2. The summed E-state index contributed by atoms with van der Waals surface area (Å²) in [5.74, 6) is 1.76. The van der Waals surface area contributed by atoms with E-state index in [1.54, 1.807) is 21.3 Å². The van der Waals surface area contributed by atoms with Crippen molar-refractivity contribution in [3.8, 4) is 11.5 Å². The van der Waals surface area contributed by atoms with Gasteiger partial charge in [0.15, 0.2) is 11.5 Å². The van der Waals surface area contributed by atoms with Crippen molar-refractivity contribution in [1.82, 2.24) is 9.88 Å². The molecule has 4 rings (SSSR count). The molecule has 7 heteroatoms. The lowest BCUT2D eigenvalue weighted by molar-refractivity contribution is -0.139. The molecule has 1 aliphatic heterocycles. The zero-order valence-electron chi connectivity index (χ0n) is 18.7. The van der Waals surface area contributed by atoms with E-state index in [1.165, 1.54) is 0 Å². The smallest absolute Gasteiger partial charge is 0.225 e. The van der Waals surface area contributed by atoms with E-state index >= 15 is 0 Å². The molecule has 2 heterocycles. The standard InChI is InChI=1S/C24H33N3O4/c1-29-18-8-4-6-15(10-18)24(28)27-9-5-7-16(14-27)23-19(25)11-17-12-21(30-2)22(31-3)13-20(17)26-23/h11-13,15-16,18H,4-10,14,25H2,1-3H3/t15-,16-,18+/m1/s1. The van der Waals surface area contributed by atoms with Crippen LogP contribution in [0.25, 0.3) is 10.9 Å². The molecule has 1 aliphatic carbocycles. The Hall–Kier alpha value is -2.54. The molecule has 7 nitrogen and oxygen atoms in total. The normalized spacial score (nSPS) is 24.2. The van der Waals surface area contributed by atoms with Gasteiger partial charge in [0.1, 0.15) is 0 Å². The van der Waals surface area contributed by atoms with E-state index in [9.17, 15) is 4.79 Å². The Morgan fingerprint density at radius 3 is 2.58 bits per heavy atom. The molecule has 168 valence electrons. The lowest BCUT2D eigenvalue weighted by Crippen LogP contribution is -2.44. The zero-order chi connectivity index (χ0) is 22.0. The van der Waals surface area contributed by atoms with Crippen LogP contribution in [0.3, 0.4) is 0 Å². The van der Waals surface area contributed by atoms with E-state index in [1.807, 2.05) is 23.1 Å². The van der Waals surface area contributed by atoms with Gasteiger partial charge in [-0.15, -0.1) is 0 Å². The predicted molar refractivity (Wildman–Crippen MR) is 121 cm³/mol. The van der Waals surface area contributed by atoms with Crippen LogP contribution in [0.2, 0.25) is 0 Å². The van der Waals surface area contributed by atoms with Gasteiger partial charge in [-0.05, 0) is 44.2 Å². The van der Waals surface area contributed by atoms with Crippen LogP contribution in [0.5, 0.6) is 11.5 Å². The highest BCUT2D eigenvalue weighted by molar-refractivity contribution is 5.86. The third-order valence-corrected chi connectivity index (χ3v) is 6.81. The van der Waals surface area contributed by atoms with Crippen molar-refractivity contribution in [2.45, 2.75) is 50.5 Å². The Morgan fingerprint density at radius 2 is 1.84 bits per heavy atom. The highest BCUT2D eigenvalue weighted by Crippen LogP contribution is 2.37. The number of methoxy groups -OCH3 is 3. The van der Waals surface area contributed by atoms with Gasteiger partial charge >= 0.3 is 0 Å². The van der Waals surface area contributed by atoms with Crippen molar-refractivity contribution in [2.24, 2.45) is 5.92 Å². The number of carbonyl (C=O) groups is 1. The molecule has 2 aromatic rings. The first-order chi connectivity index (χ1) is 15.0. The first-order valence-corrected chi connectivity index (χ1v) is 11.2. The minimum atomic E-state index is 0.0658. The second kappa shape index (κ2) is 9.30. The number of ether oxygens (including phenoxy) is 3. The summed E-state index contributed by atoms with van der Waals surface area (Å²) in [5.41, 5.74) is 8.78. The lowest BCUT2D eigenvalue weighted by Gasteiger charge is -2.37. The molecular weight excluding hydrogens is 394 g/mol. The topological polar surface area (TPSA) is 86.9 Å². The van der Waals surface area contributed by atoms with Crippen molar-refractivity contribution in [3.63, 3.8) is 0 Å². The lowest BCUT2D eigenvalue weighted by atomic mass is 9.85. The Labute approximate surface area is 183 Å². The van der Waals surface area contributed by atoms with Crippen LogP contribution in [0, 0.1) is 5.92 Å². The zero-order valence-corrected chi connectivity index (χ0v) is 18.7. The minimum Gasteiger partial charge on any atom is -0.493 e. The molecule has 2 fully saturated rings. The number of carbonyl (C=O) groups excluding carboxylic acids is 1. The summed E-state index contributed by atoms with van der Waals surface area (Å²) in [6, 6.07) is 5.73. The Morgan fingerprint density at radius 1 is 1.06 bits per heavy atom. The summed E-state index contributed by atoms with van der Waals surface area (Å²) in [7, 11) is 4.97. The van der Waals surface area contributed by atoms with E-state index < -0.39 is 0 Å². The highest BCUT2D eigenvalue weighted by atomic mass is 16.5. The number of aromatic nitrogens is 1. The number of likely N-dealkylation sites (tertiary alicyclic amines) is 1. The number of nitrogens with two attached hydrogens (primary N) is 1. The first-order valence-electron chi connectivity index (χ1n) is 11.2. The average molecular weight is 428 g/mol. The van der Waals surface area contributed by atoms with Crippen molar-refractivity contribution in [3.05, 3.63) is 23.9 Å².